The summed E-state index contributed by atoms with van der Waals surface area (Å²) in [5.41, 5.74) is 25.3. The molecule has 0 aliphatic rings. The highest BCUT2D eigenvalue weighted by molar-refractivity contribution is 5.80. The van der Waals surface area contributed by atoms with Gasteiger partial charge in [0, 0.05) is 12.8 Å². The van der Waals surface area contributed by atoms with Gasteiger partial charge >= 0.3 is 29.8 Å². The fraction of sp³-hybridized carbons (Fsp3) is 0.762. The van der Waals surface area contributed by atoms with E-state index in [2.05, 4.69) is 0 Å². The van der Waals surface area contributed by atoms with Crippen molar-refractivity contribution in [1.29, 1.82) is 0 Å². The normalized spacial score (nSPS) is 11.1. The third kappa shape index (κ3) is 44.8. The van der Waals surface area contributed by atoms with Crippen LogP contribution < -0.4 is 28.7 Å². The topological polar surface area (TPSA) is 317 Å². The van der Waals surface area contributed by atoms with Crippen LogP contribution in [0.2, 0.25) is 0 Å². The number of hydrogen-bond acceptors (Lipinski definition) is 10. The largest absolute Gasteiger partial charge is 0.481 e. The molecule has 0 spiro atoms. The summed E-state index contributed by atoms with van der Waals surface area (Å²) in [5.74, 6) is -4.92. The van der Waals surface area contributed by atoms with Gasteiger partial charge in [-0.05, 0) is 51.7 Å². The molecule has 0 aliphatic heterocycles. The Hall–Kier alpha value is -2.85. The van der Waals surface area contributed by atoms with Crippen molar-refractivity contribution >= 4 is 29.8 Å². The van der Waals surface area contributed by atoms with Crippen LogP contribution in [0.5, 0.6) is 0 Å². The number of carbonyl (C=O) groups is 5. The van der Waals surface area contributed by atoms with Gasteiger partial charge in [0.05, 0.1) is 6.42 Å². The second kappa shape index (κ2) is 30.2. The lowest BCUT2D eigenvalue weighted by Crippen LogP contribution is -2.32. The maximum Gasteiger partial charge on any atom is 0.321 e. The van der Waals surface area contributed by atoms with E-state index in [1.165, 1.54) is 0 Å². The molecule has 15 nitrogen and oxygen atoms in total. The molecule has 0 bridgehead atoms. The molecule has 0 radical (unpaired) electrons. The van der Waals surface area contributed by atoms with Crippen LogP contribution in [-0.2, 0) is 24.0 Å². The van der Waals surface area contributed by atoms with E-state index in [4.69, 9.17) is 54.2 Å². The standard InChI is InChI=1S/C8H17NO2.C5H11NO2.C4H10N2O2.C4H7NO4/c9-7-5-3-1-2-4-6-8(10)11;6-4-2-1-3-5(7)8;5-2-1-3(6)4(7)8;5-2(4(8)9)1-3(6)7/h1-7,9H2,(H,10,11);1-4,6H2,(H,7,8);3H,1-2,5-6H2,(H,7,8);2H,1,5H2,(H,6,7)(H,8,9). The van der Waals surface area contributed by atoms with Gasteiger partial charge in [-0.25, -0.2) is 0 Å². The fourth-order valence-electron chi connectivity index (χ4n) is 1.95. The predicted molar refractivity (Wildman–Crippen MR) is 132 cm³/mol. The Bertz CT molecular complexity index is 593. The van der Waals surface area contributed by atoms with Crippen molar-refractivity contribution in [3.8, 4) is 0 Å². The van der Waals surface area contributed by atoms with E-state index in [0.29, 0.717) is 32.4 Å². The third-order valence-electron chi connectivity index (χ3n) is 3.95. The highest BCUT2D eigenvalue weighted by Gasteiger charge is 2.14. The number of carboxylic acid groups (broad SMARTS) is 5. The average molecular weight is 528 g/mol. The summed E-state index contributed by atoms with van der Waals surface area (Å²) in [7, 11) is 0. The molecule has 15 N–H and O–H groups in total. The number of hydrogen-bond donors (Lipinski definition) is 10. The Labute approximate surface area is 211 Å². The van der Waals surface area contributed by atoms with Crippen molar-refractivity contribution in [1.82, 2.24) is 0 Å². The molecule has 2 atom stereocenters. The molecule has 0 saturated heterocycles. The SMILES string of the molecule is NC(CC(=O)O)C(=O)O.NCCC(N)C(=O)O.NCCCCC(=O)O.NCCCCCCCC(=O)O. The summed E-state index contributed by atoms with van der Waals surface area (Å²) >= 11 is 0. The van der Waals surface area contributed by atoms with Gasteiger partial charge in [-0.15, -0.1) is 0 Å². The van der Waals surface area contributed by atoms with Gasteiger partial charge in [0.1, 0.15) is 12.1 Å². The first kappa shape index (κ1) is 40.3. The monoisotopic (exact) mass is 527 g/mol. The van der Waals surface area contributed by atoms with E-state index in [-0.39, 0.29) is 6.42 Å². The molecule has 214 valence electrons. The number of nitrogens with two attached hydrogens (primary N) is 5. The molecule has 0 amide bonds. The lowest BCUT2D eigenvalue weighted by molar-refractivity contribution is -0.144. The van der Waals surface area contributed by atoms with Crippen LogP contribution in [-0.4, -0.2) is 87.1 Å². The van der Waals surface area contributed by atoms with Gasteiger partial charge < -0.3 is 54.2 Å². The third-order valence-corrected chi connectivity index (χ3v) is 3.95. The highest BCUT2D eigenvalue weighted by Crippen LogP contribution is 2.04. The summed E-state index contributed by atoms with van der Waals surface area (Å²) in [6.45, 7) is 1.67. The molecule has 0 rings (SSSR count). The number of aliphatic carboxylic acids is 5. The second-order valence-electron chi connectivity index (χ2n) is 7.40. The van der Waals surface area contributed by atoms with Gasteiger partial charge in [-0.1, -0.05) is 19.3 Å². The van der Waals surface area contributed by atoms with Crippen molar-refractivity contribution in [2.45, 2.75) is 82.7 Å². The van der Waals surface area contributed by atoms with Crippen molar-refractivity contribution in [3.05, 3.63) is 0 Å². The first-order valence-corrected chi connectivity index (χ1v) is 11.5. The zero-order valence-electron chi connectivity index (χ0n) is 20.7. The minimum atomic E-state index is -1.29. The van der Waals surface area contributed by atoms with Gasteiger partial charge in [0.15, 0.2) is 0 Å². The predicted octanol–water partition coefficient (Wildman–Crippen LogP) is -0.810. The molecule has 0 aromatic rings. The molecule has 2 unspecified atom stereocenters. The van der Waals surface area contributed by atoms with Crippen LogP contribution in [0, 0.1) is 0 Å². The van der Waals surface area contributed by atoms with Gasteiger partial charge in [0.25, 0.3) is 0 Å². The van der Waals surface area contributed by atoms with Gasteiger partial charge in [-0.3, -0.25) is 24.0 Å². The highest BCUT2D eigenvalue weighted by atomic mass is 16.4. The maximum absolute atomic E-state index is 10.1. The zero-order chi connectivity index (χ0) is 28.9. The summed E-state index contributed by atoms with van der Waals surface area (Å²) in [4.78, 5) is 49.4. The first-order valence-electron chi connectivity index (χ1n) is 11.5. The minimum absolute atomic E-state index is 0.247. The molecule has 0 aromatic carbocycles. The van der Waals surface area contributed by atoms with E-state index >= 15 is 0 Å². The van der Waals surface area contributed by atoms with Crippen LogP contribution in [0.15, 0.2) is 0 Å². The van der Waals surface area contributed by atoms with Crippen molar-refractivity contribution in [3.63, 3.8) is 0 Å². The molecular weight excluding hydrogens is 482 g/mol. The molecule has 0 fully saturated rings. The smallest absolute Gasteiger partial charge is 0.321 e. The fourth-order valence-corrected chi connectivity index (χ4v) is 1.95. The van der Waals surface area contributed by atoms with E-state index in [9.17, 15) is 24.0 Å². The number of unbranched alkanes of at least 4 members (excludes halogenated alkanes) is 5. The Kier molecular flexibility index (Phi) is 33.8. The quantitative estimate of drug-likeness (QED) is 0.103. The minimum Gasteiger partial charge on any atom is -0.481 e. The number of rotatable bonds is 17. The molecule has 0 aromatic heterocycles. The van der Waals surface area contributed by atoms with E-state index < -0.39 is 48.4 Å². The summed E-state index contributed by atoms with van der Waals surface area (Å²) in [6.07, 6.45) is 7.02. The van der Waals surface area contributed by atoms with Crippen LogP contribution in [0.3, 0.4) is 0 Å². The molecule has 36 heavy (non-hydrogen) atoms. The van der Waals surface area contributed by atoms with Gasteiger partial charge in [-0.2, -0.15) is 0 Å². The van der Waals surface area contributed by atoms with Crippen LogP contribution in [0.25, 0.3) is 0 Å². The van der Waals surface area contributed by atoms with Crippen molar-refractivity contribution in [2.75, 3.05) is 19.6 Å². The Morgan fingerprint density at radius 3 is 1.14 bits per heavy atom. The van der Waals surface area contributed by atoms with Crippen LogP contribution in [0.1, 0.15) is 70.6 Å². The van der Waals surface area contributed by atoms with Crippen molar-refractivity contribution < 1.29 is 49.5 Å². The van der Waals surface area contributed by atoms with E-state index in [0.717, 1.165) is 45.1 Å². The zero-order valence-corrected chi connectivity index (χ0v) is 20.7. The molecule has 0 saturated carbocycles. The Balaban J connectivity index is -0.000000191. The summed E-state index contributed by atoms with van der Waals surface area (Å²) in [5, 5.41) is 40.6. The first-order chi connectivity index (χ1) is 16.8. The Morgan fingerprint density at radius 2 is 0.861 bits per heavy atom. The summed E-state index contributed by atoms with van der Waals surface area (Å²) < 4.78 is 0. The average Bonchev–Trinajstić information content (AvgIpc) is 2.77. The molecule has 0 aliphatic carbocycles. The van der Waals surface area contributed by atoms with E-state index in [1.807, 2.05) is 0 Å². The summed E-state index contributed by atoms with van der Waals surface area (Å²) in [6, 6.07) is -2.08. The van der Waals surface area contributed by atoms with E-state index in [1.54, 1.807) is 0 Å². The molecular formula is C21H45N5O10. The number of carboxylic acids is 5. The lowest BCUT2D eigenvalue weighted by Gasteiger charge is -2.00. The molecule has 0 heterocycles. The Morgan fingerprint density at radius 1 is 0.500 bits per heavy atom. The maximum atomic E-state index is 10.1. The van der Waals surface area contributed by atoms with Crippen molar-refractivity contribution in [2.24, 2.45) is 28.7 Å². The van der Waals surface area contributed by atoms with Crippen LogP contribution >= 0.6 is 0 Å². The lowest BCUT2D eigenvalue weighted by atomic mass is 10.1. The second-order valence-corrected chi connectivity index (χ2v) is 7.40. The van der Waals surface area contributed by atoms with Gasteiger partial charge in [0.2, 0.25) is 0 Å². The molecule has 15 heteroatoms. The van der Waals surface area contributed by atoms with Crippen LogP contribution in [0.4, 0.5) is 0 Å².